The van der Waals surface area contributed by atoms with E-state index in [4.69, 9.17) is 4.74 Å². The number of aliphatic imine (C=N–C) groups is 1. The smallest absolute Gasteiger partial charge is 0.213 e. The monoisotopic (exact) mass is 334 g/mol. The van der Waals surface area contributed by atoms with Gasteiger partial charge in [-0.1, -0.05) is 6.42 Å². The first-order valence-corrected chi connectivity index (χ1v) is 9.72. The Kier molecular flexibility index (Phi) is 9.42. The lowest BCUT2D eigenvalue weighted by molar-refractivity contribution is 0.145. The van der Waals surface area contributed by atoms with Crippen LogP contribution in [0, 0.1) is 5.92 Å². The quantitative estimate of drug-likeness (QED) is 0.287. The minimum absolute atomic E-state index is 0.0549. The fraction of sp³-hybridized carbons (Fsp3) is 0.929. The number of rotatable bonds is 11. The molecule has 0 radical (unpaired) electrons. The average Bonchev–Trinajstić information content (AvgIpc) is 2.43. The molecule has 0 unspecified atom stereocenters. The van der Waals surface area contributed by atoms with Crippen LogP contribution < -0.4 is 15.4 Å². The van der Waals surface area contributed by atoms with Crippen LogP contribution >= 0.6 is 0 Å². The van der Waals surface area contributed by atoms with Gasteiger partial charge < -0.3 is 15.4 Å². The highest BCUT2D eigenvalue weighted by Gasteiger charge is 2.19. The summed E-state index contributed by atoms with van der Waals surface area (Å²) in [6, 6.07) is 0. The van der Waals surface area contributed by atoms with Crippen LogP contribution in [0.3, 0.4) is 0 Å². The lowest BCUT2D eigenvalue weighted by atomic mass is 9.86. The zero-order valence-corrected chi connectivity index (χ0v) is 14.5. The fourth-order valence-corrected chi connectivity index (χ4v) is 3.07. The van der Waals surface area contributed by atoms with E-state index in [2.05, 4.69) is 20.3 Å². The number of nitrogens with zero attached hydrogens (tertiary/aromatic N) is 1. The molecule has 0 saturated heterocycles. The largest absolute Gasteiger partial charge is 0.382 e. The standard InChI is InChI=1S/C14H30N4O3S/c1-3-21-10-5-8-16-14(15-2)17-9-11-22(19,20)18-12-13-6-4-7-13/h13,18H,3-12H2,1-2H3,(H2,15,16,17). The highest BCUT2D eigenvalue weighted by molar-refractivity contribution is 7.89. The lowest BCUT2D eigenvalue weighted by Gasteiger charge is -2.25. The van der Waals surface area contributed by atoms with Gasteiger partial charge in [0.05, 0.1) is 5.75 Å². The summed E-state index contributed by atoms with van der Waals surface area (Å²) in [4.78, 5) is 4.06. The third-order valence-corrected chi connectivity index (χ3v) is 5.01. The summed E-state index contributed by atoms with van der Waals surface area (Å²) >= 11 is 0. The maximum Gasteiger partial charge on any atom is 0.213 e. The van der Waals surface area contributed by atoms with Crippen molar-refractivity contribution in [2.75, 3.05) is 45.6 Å². The highest BCUT2D eigenvalue weighted by Crippen LogP contribution is 2.25. The summed E-state index contributed by atoms with van der Waals surface area (Å²) < 4.78 is 31.6. The summed E-state index contributed by atoms with van der Waals surface area (Å²) in [6.45, 7) is 5.05. The molecule has 1 aliphatic rings. The van der Waals surface area contributed by atoms with Crippen molar-refractivity contribution in [3.05, 3.63) is 0 Å². The van der Waals surface area contributed by atoms with Gasteiger partial charge in [0, 0.05) is 39.9 Å². The molecule has 8 heteroatoms. The van der Waals surface area contributed by atoms with Crippen LogP contribution in [0.25, 0.3) is 0 Å². The number of ether oxygens (including phenoxy) is 1. The summed E-state index contributed by atoms with van der Waals surface area (Å²) in [5, 5.41) is 6.14. The van der Waals surface area contributed by atoms with E-state index in [-0.39, 0.29) is 5.75 Å². The number of sulfonamides is 1. The summed E-state index contributed by atoms with van der Waals surface area (Å²) in [6.07, 6.45) is 4.38. The zero-order valence-electron chi connectivity index (χ0n) is 13.7. The number of nitrogens with one attached hydrogen (secondary N) is 3. The minimum atomic E-state index is -3.20. The molecule has 0 aliphatic heterocycles. The SMILES string of the molecule is CCOCCCNC(=NC)NCCS(=O)(=O)NCC1CCC1. The van der Waals surface area contributed by atoms with Crippen molar-refractivity contribution in [1.29, 1.82) is 0 Å². The van der Waals surface area contributed by atoms with E-state index < -0.39 is 10.0 Å². The lowest BCUT2D eigenvalue weighted by Crippen LogP contribution is -2.42. The third-order valence-electron chi connectivity index (χ3n) is 3.67. The first-order valence-electron chi connectivity index (χ1n) is 8.07. The molecule has 0 amide bonds. The molecular weight excluding hydrogens is 304 g/mol. The molecule has 1 saturated carbocycles. The van der Waals surface area contributed by atoms with E-state index in [1.165, 1.54) is 6.42 Å². The van der Waals surface area contributed by atoms with Gasteiger partial charge in [-0.25, -0.2) is 13.1 Å². The van der Waals surface area contributed by atoms with Crippen LogP contribution in [0.2, 0.25) is 0 Å². The van der Waals surface area contributed by atoms with E-state index in [9.17, 15) is 8.42 Å². The topological polar surface area (TPSA) is 91.8 Å². The summed E-state index contributed by atoms with van der Waals surface area (Å²) in [5.41, 5.74) is 0. The van der Waals surface area contributed by atoms with Crippen LogP contribution in [-0.4, -0.2) is 60.0 Å². The van der Waals surface area contributed by atoms with Gasteiger partial charge in [-0.3, -0.25) is 4.99 Å². The Labute approximate surface area is 134 Å². The molecule has 0 bridgehead atoms. The molecule has 22 heavy (non-hydrogen) atoms. The Morgan fingerprint density at radius 3 is 2.59 bits per heavy atom. The van der Waals surface area contributed by atoms with Crippen LogP contribution in [0.1, 0.15) is 32.6 Å². The Hall–Kier alpha value is -0.860. The van der Waals surface area contributed by atoms with Gasteiger partial charge in [-0.05, 0) is 32.1 Å². The second kappa shape index (κ2) is 10.8. The highest BCUT2D eigenvalue weighted by atomic mass is 32.2. The maximum absolute atomic E-state index is 11.8. The first kappa shape index (κ1) is 19.2. The van der Waals surface area contributed by atoms with Gasteiger partial charge in [0.15, 0.2) is 5.96 Å². The van der Waals surface area contributed by atoms with Gasteiger partial charge in [-0.15, -0.1) is 0 Å². The second-order valence-electron chi connectivity index (χ2n) is 5.44. The molecule has 0 aromatic heterocycles. The van der Waals surface area contributed by atoms with Crippen molar-refractivity contribution in [1.82, 2.24) is 15.4 Å². The molecule has 7 nitrogen and oxygen atoms in total. The normalized spacial score (nSPS) is 16.4. The van der Waals surface area contributed by atoms with Crippen LogP contribution in [-0.2, 0) is 14.8 Å². The molecule has 1 aliphatic carbocycles. The number of hydrogen-bond donors (Lipinski definition) is 3. The fourth-order valence-electron chi connectivity index (χ4n) is 2.06. The number of guanidine groups is 1. The molecule has 0 spiro atoms. The molecular formula is C14H30N4O3S. The van der Waals surface area contributed by atoms with Gasteiger partial charge in [0.25, 0.3) is 0 Å². The van der Waals surface area contributed by atoms with Crippen molar-refractivity contribution in [2.24, 2.45) is 10.9 Å². The van der Waals surface area contributed by atoms with E-state index >= 15 is 0 Å². The Morgan fingerprint density at radius 1 is 1.27 bits per heavy atom. The first-order chi connectivity index (χ1) is 10.6. The van der Waals surface area contributed by atoms with Crippen molar-refractivity contribution < 1.29 is 13.2 Å². The van der Waals surface area contributed by atoms with Crippen molar-refractivity contribution in [2.45, 2.75) is 32.6 Å². The van der Waals surface area contributed by atoms with Crippen LogP contribution in [0.4, 0.5) is 0 Å². The minimum Gasteiger partial charge on any atom is -0.382 e. The Balaban J connectivity index is 2.11. The molecule has 1 fully saturated rings. The average molecular weight is 334 g/mol. The van der Waals surface area contributed by atoms with Crippen LogP contribution in [0.5, 0.6) is 0 Å². The van der Waals surface area contributed by atoms with E-state index in [1.54, 1.807) is 7.05 Å². The van der Waals surface area contributed by atoms with Crippen molar-refractivity contribution >= 4 is 16.0 Å². The van der Waals surface area contributed by atoms with Crippen LogP contribution in [0.15, 0.2) is 4.99 Å². The van der Waals surface area contributed by atoms with E-state index in [1.807, 2.05) is 6.92 Å². The summed E-state index contributed by atoms with van der Waals surface area (Å²) in [7, 11) is -1.54. The van der Waals surface area contributed by atoms with Gasteiger partial charge in [-0.2, -0.15) is 0 Å². The summed E-state index contributed by atoms with van der Waals surface area (Å²) in [5.74, 6) is 1.20. The van der Waals surface area contributed by atoms with E-state index in [0.29, 0.717) is 31.6 Å². The van der Waals surface area contributed by atoms with Gasteiger partial charge >= 0.3 is 0 Å². The molecule has 0 aromatic carbocycles. The molecule has 130 valence electrons. The number of hydrogen-bond acceptors (Lipinski definition) is 4. The second-order valence-corrected chi connectivity index (χ2v) is 7.37. The van der Waals surface area contributed by atoms with Gasteiger partial charge in [0.2, 0.25) is 10.0 Å². The maximum atomic E-state index is 11.8. The zero-order chi connectivity index (χ0) is 16.3. The van der Waals surface area contributed by atoms with E-state index in [0.717, 1.165) is 32.4 Å². The predicted octanol–water partition coefficient (Wildman–Crippen LogP) is 0.298. The third kappa shape index (κ3) is 8.55. The Bertz CT molecular complexity index is 422. The molecule has 0 atom stereocenters. The van der Waals surface area contributed by atoms with Crippen molar-refractivity contribution in [3.63, 3.8) is 0 Å². The Morgan fingerprint density at radius 2 is 2.00 bits per heavy atom. The molecule has 3 N–H and O–H groups in total. The molecule has 0 aromatic rings. The molecule has 1 rings (SSSR count). The van der Waals surface area contributed by atoms with Crippen molar-refractivity contribution in [3.8, 4) is 0 Å². The predicted molar refractivity (Wildman–Crippen MR) is 89.6 cm³/mol. The van der Waals surface area contributed by atoms with Gasteiger partial charge in [0.1, 0.15) is 0 Å². The molecule has 0 heterocycles.